The molecule has 1 aliphatic heterocycles. The highest BCUT2D eigenvalue weighted by Crippen LogP contribution is 2.17. The molecule has 0 atom stereocenters. The molecule has 16 heavy (non-hydrogen) atoms. The van der Waals surface area contributed by atoms with Gasteiger partial charge in [-0.2, -0.15) is 0 Å². The fraction of sp³-hybridized carbons (Fsp3) is 0.400. The van der Waals surface area contributed by atoms with Crippen LogP contribution >= 0.6 is 0 Å². The SMILES string of the molecule is Cc1oc(CN2CCNC2=O)cc1C(=O)O. The lowest BCUT2D eigenvalue weighted by Crippen LogP contribution is -2.27. The first kappa shape index (κ1) is 10.5. The smallest absolute Gasteiger partial charge is 0.339 e. The minimum atomic E-state index is -1.02. The van der Waals surface area contributed by atoms with Gasteiger partial charge in [0.1, 0.15) is 17.1 Å². The van der Waals surface area contributed by atoms with Gasteiger partial charge in [-0.05, 0) is 13.0 Å². The van der Waals surface area contributed by atoms with Crippen molar-refractivity contribution in [3.63, 3.8) is 0 Å². The van der Waals surface area contributed by atoms with Crippen LogP contribution in [0.1, 0.15) is 21.9 Å². The molecule has 0 aromatic carbocycles. The summed E-state index contributed by atoms with van der Waals surface area (Å²) in [6, 6.07) is 1.31. The van der Waals surface area contributed by atoms with Crippen molar-refractivity contribution >= 4 is 12.0 Å². The Labute approximate surface area is 91.8 Å². The van der Waals surface area contributed by atoms with Crippen molar-refractivity contribution in [1.82, 2.24) is 10.2 Å². The minimum Gasteiger partial charge on any atom is -0.478 e. The van der Waals surface area contributed by atoms with Gasteiger partial charge in [0.2, 0.25) is 0 Å². The number of nitrogens with zero attached hydrogens (tertiary/aromatic N) is 1. The van der Waals surface area contributed by atoms with Crippen molar-refractivity contribution < 1.29 is 19.1 Å². The predicted octanol–water partition coefficient (Wildman–Crippen LogP) is 0.811. The van der Waals surface area contributed by atoms with E-state index >= 15 is 0 Å². The molecule has 1 fully saturated rings. The van der Waals surface area contributed by atoms with Crippen molar-refractivity contribution in [1.29, 1.82) is 0 Å². The number of urea groups is 1. The fourth-order valence-corrected chi connectivity index (χ4v) is 1.68. The van der Waals surface area contributed by atoms with E-state index in [0.717, 1.165) is 0 Å². The van der Waals surface area contributed by atoms with Gasteiger partial charge in [-0.25, -0.2) is 9.59 Å². The van der Waals surface area contributed by atoms with E-state index in [1.165, 1.54) is 6.07 Å². The molecule has 0 spiro atoms. The van der Waals surface area contributed by atoms with E-state index in [9.17, 15) is 9.59 Å². The van der Waals surface area contributed by atoms with Crippen molar-refractivity contribution in [3.05, 3.63) is 23.2 Å². The quantitative estimate of drug-likeness (QED) is 0.795. The number of rotatable bonds is 3. The first-order valence-corrected chi connectivity index (χ1v) is 4.93. The summed E-state index contributed by atoms with van der Waals surface area (Å²) in [5.41, 5.74) is 0.148. The first-order valence-electron chi connectivity index (χ1n) is 4.93. The number of carbonyl (C=O) groups excluding carboxylic acids is 1. The zero-order chi connectivity index (χ0) is 11.7. The Morgan fingerprint density at radius 2 is 2.44 bits per heavy atom. The summed E-state index contributed by atoms with van der Waals surface area (Å²) in [6.45, 7) is 3.13. The number of carbonyl (C=O) groups is 2. The highest BCUT2D eigenvalue weighted by atomic mass is 16.4. The van der Waals surface area contributed by atoms with Gasteiger partial charge in [-0.15, -0.1) is 0 Å². The third kappa shape index (κ3) is 1.86. The Morgan fingerprint density at radius 1 is 1.69 bits per heavy atom. The number of hydrogen-bond acceptors (Lipinski definition) is 3. The second kappa shape index (κ2) is 3.88. The maximum Gasteiger partial charge on any atom is 0.339 e. The van der Waals surface area contributed by atoms with Crippen LogP contribution in [0.15, 0.2) is 10.5 Å². The monoisotopic (exact) mass is 224 g/mol. The standard InChI is InChI=1S/C10H12N2O4/c1-6-8(9(13)14)4-7(16-6)5-12-3-2-11-10(12)15/h4H,2-3,5H2,1H3,(H,11,15)(H,13,14). The molecule has 2 rings (SSSR count). The molecule has 2 amide bonds. The van der Waals surface area contributed by atoms with E-state index in [-0.39, 0.29) is 11.6 Å². The van der Waals surface area contributed by atoms with E-state index in [2.05, 4.69) is 5.32 Å². The van der Waals surface area contributed by atoms with Crippen molar-refractivity contribution in [3.8, 4) is 0 Å². The zero-order valence-corrected chi connectivity index (χ0v) is 8.82. The second-order valence-electron chi connectivity index (χ2n) is 3.64. The molecule has 1 saturated heterocycles. The number of aryl methyl sites for hydroxylation is 1. The Bertz CT molecular complexity index is 438. The van der Waals surface area contributed by atoms with Gasteiger partial charge in [0.25, 0.3) is 0 Å². The van der Waals surface area contributed by atoms with E-state index in [1.54, 1.807) is 11.8 Å². The zero-order valence-electron chi connectivity index (χ0n) is 8.82. The fourth-order valence-electron chi connectivity index (χ4n) is 1.68. The number of amides is 2. The lowest BCUT2D eigenvalue weighted by molar-refractivity contribution is 0.0695. The largest absolute Gasteiger partial charge is 0.478 e. The van der Waals surface area contributed by atoms with Crippen LogP contribution in [-0.2, 0) is 6.54 Å². The molecule has 1 aliphatic rings. The molecule has 2 heterocycles. The summed E-state index contributed by atoms with van der Waals surface area (Å²) >= 11 is 0. The van der Waals surface area contributed by atoms with Gasteiger partial charge in [0.15, 0.2) is 0 Å². The third-order valence-corrected chi connectivity index (χ3v) is 2.49. The molecule has 6 nitrogen and oxygen atoms in total. The molecular weight excluding hydrogens is 212 g/mol. The van der Waals surface area contributed by atoms with Crippen LogP contribution in [0.25, 0.3) is 0 Å². The predicted molar refractivity (Wildman–Crippen MR) is 54.2 cm³/mol. The molecule has 6 heteroatoms. The highest BCUT2D eigenvalue weighted by Gasteiger charge is 2.22. The molecular formula is C10H12N2O4. The molecule has 0 radical (unpaired) electrons. The summed E-state index contributed by atoms with van der Waals surface area (Å²) in [7, 11) is 0. The van der Waals surface area contributed by atoms with Crippen LogP contribution in [0.4, 0.5) is 4.79 Å². The average Bonchev–Trinajstić information content (AvgIpc) is 2.75. The molecule has 0 saturated carbocycles. The van der Waals surface area contributed by atoms with Crippen LogP contribution in [-0.4, -0.2) is 35.1 Å². The summed E-state index contributed by atoms with van der Waals surface area (Å²) < 4.78 is 5.28. The lowest BCUT2D eigenvalue weighted by atomic mass is 10.2. The maximum atomic E-state index is 11.3. The Kier molecular flexibility index (Phi) is 2.55. The lowest BCUT2D eigenvalue weighted by Gasteiger charge is -2.11. The van der Waals surface area contributed by atoms with Crippen molar-refractivity contribution in [2.24, 2.45) is 0 Å². The summed E-state index contributed by atoms with van der Waals surface area (Å²) in [4.78, 5) is 23.6. The van der Waals surface area contributed by atoms with Gasteiger partial charge < -0.3 is 19.7 Å². The van der Waals surface area contributed by atoms with E-state index in [1.807, 2.05) is 0 Å². The van der Waals surface area contributed by atoms with Gasteiger partial charge >= 0.3 is 12.0 Å². The summed E-state index contributed by atoms with van der Waals surface area (Å²) in [5, 5.41) is 11.5. The van der Waals surface area contributed by atoms with E-state index in [4.69, 9.17) is 9.52 Å². The summed E-state index contributed by atoms with van der Waals surface area (Å²) in [6.07, 6.45) is 0. The van der Waals surface area contributed by atoms with Gasteiger partial charge in [-0.3, -0.25) is 0 Å². The number of hydrogen-bond donors (Lipinski definition) is 2. The minimum absolute atomic E-state index is 0.147. The number of furan rings is 1. The molecule has 1 aromatic rings. The second-order valence-corrected chi connectivity index (χ2v) is 3.64. The molecule has 0 unspecified atom stereocenters. The van der Waals surface area contributed by atoms with Crippen LogP contribution in [0.3, 0.4) is 0 Å². The Balaban J connectivity index is 2.13. The molecule has 0 aliphatic carbocycles. The normalized spacial score (nSPS) is 15.3. The van der Waals surface area contributed by atoms with Crippen LogP contribution in [0, 0.1) is 6.92 Å². The number of nitrogens with one attached hydrogen (secondary N) is 1. The van der Waals surface area contributed by atoms with Crippen LogP contribution < -0.4 is 5.32 Å². The Hall–Kier alpha value is -1.98. The molecule has 86 valence electrons. The average molecular weight is 224 g/mol. The van der Waals surface area contributed by atoms with Crippen LogP contribution in [0.2, 0.25) is 0 Å². The molecule has 1 aromatic heterocycles. The first-order chi connectivity index (χ1) is 7.58. The van der Waals surface area contributed by atoms with Crippen molar-refractivity contribution in [2.75, 3.05) is 13.1 Å². The van der Waals surface area contributed by atoms with Crippen molar-refractivity contribution in [2.45, 2.75) is 13.5 Å². The van der Waals surface area contributed by atoms with Gasteiger partial charge in [0.05, 0.1) is 6.54 Å². The van der Waals surface area contributed by atoms with Crippen LogP contribution in [0.5, 0.6) is 0 Å². The van der Waals surface area contributed by atoms with E-state index in [0.29, 0.717) is 31.2 Å². The molecule has 0 bridgehead atoms. The third-order valence-electron chi connectivity index (χ3n) is 2.49. The van der Waals surface area contributed by atoms with Gasteiger partial charge in [0, 0.05) is 13.1 Å². The topological polar surface area (TPSA) is 82.8 Å². The Morgan fingerprint density at radius 3 is 2.94 bits per heavy atom. The number of aromatic carboxylic acids is 1. The maximum absolute atomic E-state index is 11.3. The number of carboxylic acids is 1. The summed E-state index contributed by atoms with van der Waals surface area (Å²) in [5.74, 6) is -0.160. The number of carboxylic acid groups (broad SMARTS) is 1. The highest BCUT2D eigenvalue weighted by molar-refractivity contribution is 5.88. The van der Waals surface area contributed by atoms with Gasteiger partial charge in [-0.1, -0.05) is 0 Å². The molecule has 2 N–H and O–H groups in total. The van der Waals surface area contributed by atoms with E-state index < -0.39 is 5.97 Å².